The maximum absolute atomic E-state index is 13.2. The Labute approximate surface area is 191 Å². The second-order valence-electron chi connectivity index (χ2n) is 8.13. The van der Waals surface area contributed by atoms with Crippen molar-refractivity contribution in [1.29, 1.82) is 0 Å². The van der Waals surface area contributed by atoms with Gasteiger partial charge in [-0.15, -0.1) is 13.2 Å². The van der Waals surface area contributed by atoms with E-state index in [4.69, 9.17) is 0 Å². The lowest BCUT2D eigenvalue weighted by atomic mass is 9.91. The maximum atomic E-state index is 13.2. The van der Waals surface area contributed by atoms with Crippen molar-refractivity contribution in [2.45, 2.75) is 38.8 Å². The molecule has 0 aliphatic heterocycles. The van der Waals surface area contributed by atoms with Crippen LogP contribution in [0.15, 0.2) is 55.1 Å². The second kappa shape index (κ2) is 8.45. The van der Waals surface area contributed by atoms with Crippen LogP contribution in [0.2, 0.25) is 0 Å². The number of nitrogens with one attached hydrogen (secondary N) is 1. The Kier molecular flexibility index (Phi) is 5.77. The number of benzene rings is 1. The summed E-state index contributed by atoms with van der Waals surface area (Å²) >= 11 is 0. The SMILES string of the molecule is Cc1nccn1-c1ccn2ncc(C(=O)N[C@@H](c3ccc(OC(F)(F)F)cc3)C(C)(C)O)c2n1. The standard InChI is InChI=1S/C22H21F3N6O3/c1-13-26-9-11-30(13)17-8-10-31-19(28-17)16(12-27-31)20(32)29-18(21(2,3)33)14-4-6-15(7-5-14)34-22(23,24)25/h4-12,18,33H,1-3H3,(H,29,32)/t18-/m0/s1. The third-order valence-corrected chi connectivity index (χ3v) is 5.10. The van der Waals surface area contributed by atoms with E-state index in [0.717, 1.165) is 12.1 Å². The highest BCUT2D eigenvalue weighted by Crippen LogP contribution is 2.29. The number of amides is 1. The lowest BCUT2D eigenvalue weighted by molar-refractivity contribution is -0.274. The molecule has 0 radical (unpaired) electrons. The van der Waals surface area contributed by atoms with Crippen molar-refractivity contribution >= 4 is 11.6 Å². The van der Waals surface area contributed by atoms with E-state index in [1.54, 1.807) is 29.2 Å². The topological polar surface area (TPSA) is 107 Å². The lowest BCUT2D eigenvalue weighted by Gasteiger charge is -2.30. The van der Waals surface area contributed by atoms with Crippen molar-refractivity contribution in [2.24, 2.45) is 0 Å². The van der Waals surface area contributed by atoms with Gasteiger partial charge in [-0.2, -0.15) is 5.10 Å². The van der Waals surface area contributed by atoms with Crippen molar-refractivity contribution in [3.63, 3.8) is 0 Å². The zero-order valence-electron chi connectivity index (χ0n) is 18.4. The molecule has 0 saturated heterocycles. The molecule has 0 aliphatic rings. The van der Waals surface area contributed by atoms with Crippen LogP contribution in [0.1, 0.15) is 41.6 Å². The number of imidazole rings is 1. The van der Waals surface area contributed by atoms with Crippen LogP contribution in [0.4, 0.5) is 13.2 Å². The summed E-state index contributed by atoms with van der Waals surface area (Å²) in [6, 6.07) is 5.69. The Morgan fingerprint density at radius 1 is 1.15 bits per heavy atom. The average Bonchev–Trinajstić information content (AvgIpc) is 3.36. The van der Waals surface area contributed by atoms with Gasteiger partial charge in [0.1, 0.15) is 23.0 Å². The van der Waals surface area contributed by atoms with Gasteiger partial charge < -0.3 is 15.2 Å². The van der Waals surface area contributed by atoms with Crippen molar-refractivity contribution in [3.05, 3.63) is 72.1 Å². The van der Waals surface area contributed by atoms with E-state index in [1.165, 1.54) is 36.7 Å². The van der Waals surface area contributed by atoms with E-state index in [1.807, 2.05) is 6.92 Å². The smallest absolute Gasteiger partial charge is 0.406 e. The van der Waals surface area contributed by atoms with Gasteiger partial charge >= 0.3 is 6.36 Å². The molecule has 34 heavy (non-hydrogen) atoms. The maximum Gasteiger partial charge on any atom is 0.573 e. The van der Waals surface area contributed by atoms with E-state index < -0.39 is 29.7 Å². The first-order chi connectivity index (χ1) is 15.9. The summed E-state index contributed by atoms with van der Waals surface area (Å²) in [7, 11) is 0. The Bertz CT molecular complexity index is 1320. The fourth-order valence-corrected chi connectivity index (χ4v) is 3.51. The number of rotatable bonds is 6. The molecule has 1 atom stereocenters. The summed E-state index contributed by atoms with van der Waals surface area (Å²) in [6.45, 7) is 4.77. The number of aliphatic hydroxyl groups is 1. The first-order valence-electron chi connectivity index (χ1n) is 10.2. The molecule has 1 amide bonds. The van der Waals surface area contributed by atoms with Crippen LogP contribution in [0.5, 0.6) is 5.75 Å². The number of alkyl halides is 3. The molecule has 178 valence electrons. The number of fused-ring (bicyclic) bond motifs is 1. The van der Waals surface area contributed by atoms with Crippen molar-refractivity contribution in [2.75, 3.05) is 0 Å². The van der Waals surface area contributed by atoms with Crippen LogP contribution in [0.25, 0.3) is 11.5 Å². The monoisotopic (exact) mass is 474 g/mol. The van der Waals surface area contributed by atoms with Gasteiger partial charge in [0.05, 0.1) is 17.8 Å². The third-order valence-electron chi connectivity index (χ3n) is 5.10. The van der Waals surface area contributed by atoms with Crippen molar-refractivity contribution in [1.82, 2.24) is 29.5 Å². The highest BCUT2D eigenvalue weighted by molar-refractivity contribution is 6.00. The Morgan fingerprint density at radius 3 is 2.44 bits per heavy atom. The van der Waals surface area contributed by atoms with Gasteiger partial charge in [0.2, 0.25) is 0 Å². The Morgan fingerprint density at radius 2 is 1.85 bits per heavy atom. The van der Waals surface area contributed by atoms with E-state index in [-0.39, 0.29) is 11.2 Å². The molecular weight excluding hydrogens is 453 g/mol. The Hall–Kier alpha value is -3.93. The number of halogens is 3. The molecule has 0 spiro atoms. The first-order valence-corrected chi connectivity index (χ1v) is 10.2. The molecule has 2 N–H and O–H groups in total. The molecule has 9 nitrogen and oxygen atoms in total. The highest BCUT2D eigenvalue weighted by atomic mass is 19.4. The molecule has 0 aliphatic carbocycles. The highest BCUT2D eigenvalue weighted by Gasteiger charge is 2.33. The largest absolute Gasteiger partial charge is 0.573 e. The van der Waals surface area contributed by atoms with E-state index in [2.05, 4.69) is 25.1 Å². The normalized spacial score (nSPS) is 13.1. The quantitative estimate of drug-likeness (QED) is 0.444. The third kappa shape index (κ3) is 4.86. The molecular formula is C22H21F3N6O3. The fourth-order valence-electron chi connectivity index (χ4n) is 3.51. The van der Waals surface area contributed by atoms with Gasteiger partial charge in [-0.1, -0.05) is 12.1 Å². The van der Waals surface area contributed by atoms with E-state index in [9.17, 15) is 23.1 Å². The summed E-state index contributed by atoms with van der Waals surface area (Å²) in [5, 5.41) is 17.6. The van der Waals surface area contributed by atoms with Crippen molar-refractivity contribution < 1.29 is 27.8 Å². The van der Waals surface area contributed by atoms with Gasteiger partial charge in [0.25, 0.3) is 5.91 Å². The number of carbonyl (C=O) groups excluding carboxylic acids is 1. The van der Waals surface area contributed by atoms with Crippen LogP contribution in [-0.2, 0) is 0 Å². The predicted molar refractivity (Wildman–Crippen MR) is 114 cm³/mol. The molecule has 0 bridgehead atoms. The molecule has 3 aromatic heterocycles. The average molecular weight is 474 g/mol. The van der Waals surface area contributed by atoms with E-state index in [0.29, 0.717) is 17.2 Å². The van der Waals surface area contributed by atoms with Gasteiger partial charge in [-0.25, -0.2) is 14.5 Å². The first kappa shape index (κ1) is 23.2. The summed E-state index contributed by atoms with van der Waals surface area (Å²) in [6.07, 6.45) is 1.55. The number of aromatic nitrogens is 5. The molecule has 4 aromatic rings. The number of ether oxygens (including phenoxy) is 1. The van der Waals surface area contributed by atoms with Crippen LogP contribution in [0.3, 0.4) is 0 Å². The minimum absolute atomic E-state index is 0.158. The van der Waals surface area contributed by atoms with Crippen LogP contribution >= 0.6 is 0 Å². The molecule has 3 heterocycles. The lowest BCUT2D eigenvalue weighted by Crippen LogP contribution is -2.42. The number of carbonyl (C=O) groups is 1. The number of hydrogen-bond acceptors (Lipinski definition) is 6. The summed E-state index contributed by atoms with van der Waals surface area (Å²) in [5.41, 5.74) is -0.621. The van der Waals surface area contributed by atoms with Crippen LogP contribution < -0.4 is 10.1 Å². The summed E-state index contributed by atoms with van der Waals surface area (Å²) in [4.78, 5) is 21.9. The second-order valence-corrected chi connectivity index (χ2v) is 8.13. The summed E-state index contributed by atoms with van der Waals surface area (Å²) < 4.78 is 44.4. The van der Waals surface area contributed by atoms with Crippen molar-refractivity contribution in [3.8, 4) is 11.6 Å². The predicted octanol–water partition coefficient (Wildman–Crippen LogP) is 3.36. The molecule has 4 rings (SSSR count). The Balaban J connectivity index is 1.63. The van der Waals surface area contributed by atoms with Gasteiger partial charge in [0, 0.05) is 18.6 Å². The number of hydrogen-bond donors (Lipinski definition) is 2. The fraction of sp³-hybridized carbons (Fsp3) is 0.273. The number of aryl methyl sites for hydroxylation is 1. The summed E-state index contributed by atoms with van der Waals surface area (Å²) in [5.74, 6) is 0.273. The van der Waals surface area contributed by atoms with Gasteiger partial charge in [0.15, 0.2) is 5.65 Å². The van der Waals surface area contributed by atoms with Gasteiger partial charge in [-0.3, -0.25) is 9.36 Å². The van der Waals surface area contributed by atoms with Crippen LogP contribution in [0, 0.1) is 6.92 Å². The minimum atomic E-state index is -4.82. The van der Waals surface area contributed by atoms with E-state index >= 15 is 0 Å². The molecule has 0 fully saturated rings. The van der Waals surface area contributed by atoms with Gasteiger partial charge in [-0.05, 0) is 44.5 Å². The molecule has 1 aromatic carbocycles. The molecule has 12 heteroatoms. The zero-order valence-corrected chi connectivity index (χ0v) is 18.4. The van der Waals surface area contributed by atoms with Crippen LogP contribution in [-0.4, -0.2) is 47.1 Å². The molecule has 0 unspecified atom stereocenters. The number of nitrogens with zero attached hydrogens (tertiary/aromatic N) is 5. The minimum Gasteiger partial charge on any atom is -0.406 e. The molecule has 0 saturated carbocycles. The zero-order chi connectivity index (χ0) is 24.7.